The molecule has 0 aromatic carbocycles. The Morgan fingerprint density at radius 2 is 1.75 bits per heavy atom. The predicted octanol–water partition coefficient (Wildman–Crippen LogP) is -1.37. The third kappa shape index (κ3) is 0.981. The van der Waals surface area contributed by atoms with Crippen LogP contribution in [0.15, 0.2) is 0 Å². The van der Waals surface area contributed by atoms with Gasteiger partial charge in [-0.1, -0.05) is 12.2 Å². The van der Waals surface area contributed by atoms with Gasteiger partial charge in [0, 0.05) is 0 Å². The number of fused-ring (bicyclic) bond motifs is 1. The van der Waals surface area contributed by atoms with Crippen molar-refractivity contribution in [3.63, 3.8) is 0 Å². The zero-order chi connectivity index (χ0) is 8.72. The van der Waals surface area contributed by atoms with Gasteiger partial charge in [0.15, 0.2) is 0 Å². The van der Waals surface area contributed by atoms with E-state index in [-0.39, 0.29) is 18.1 Å². The Morgan fingerprint density at radius 1 is 1.08 bits per heavy atom. The van der Waals surface area contributed by atoms with Crippen LogP contribution in [0, 0.1) is 0 Å². The molecule has 0 bridgehead atoms. The maximum Gasteiger partial charge on any atom is 0.321 e. The minimum Gasteiger partial charge on any atom is -0.325 e. The molecule has 2 heterocycles. The molecule has 2 fully saturated rings. The molecule has 64 valence electrons. The third-order valence-electron chi connectivity index (χ3n) is 1.71. The number of hydrogen-bond donors (Lipinski definition) is 4. The van der Waals surface area contributed by atoms with Gasteiger partial charge in [-0.3, -0.25) is 0 Å². The number of carbonyl (C=O) groups excluding carboxylic acids is 2. The van der Waals surface area contributed by atoms with Crippen molar-refractivity contribution < 1.29 is 9.59 Å². The average molecular weight is 186 g/mol. The summed E-state index contributed by atoms with van der Waals surface area (Å²) in [7, 11) is 0. The number of thiocarbonyl (C=S) groups is 1. The smallest absolute Gasteiger partial charge is 0.321 e. The minimum atomic E-state index is -0.418. The SMILES string of the molecule is O=C1NC(=S)C2NC(=O)NC2N1. The fourth-order valence-corrected chi connectivity index (χ4v) is 1.48. The molecule has 2 saturated heterocycles. The van der Waals surface area contributed by atoms with E-state index in [4.69, 9.17) is 12.2 Å². The van der Waals surface area contributed by atoms with Gasteiger partial charge in [-0.05, 0) is 0 Å². The highest BCUT2D eigenvalue weighted by molar-refractivity contribution is 7.80. The first-order chi connectivity index (χ1) is 5.66. The summed E-state index contributed by atoms with van der Waals surface area (Å²) in [5.74, 6) is 0. The molecule has 2 unspecified atom stereocenters. The molecule has 4 amide bonds. The lowest BCUT2D eigenvalue weighted by atomic mass is 10.2. The predicted molar refractivity (Wildman–Crippen MR) is 43.5 cm³/mol. The third-order valence-corrected chi connectivity index (χ3v) is 2.07. The lowest BCUT2D eigenvalue weighted by molar-refractivity contribution is 0.236. The van der Waals surface area contributed by atoms with Crippen molar-refractivity contribution in [2.24, 2.45) is 0 Å². The number of nitrogens with one attached hydrogen (secondary N) is 4. The minimum absolute atomic E-state index is 0.323. The normalized spacial score (nSPS) is 32.8. The number of hydrogen-bond acceptors (Lipinski definition) is 3. The van der Waals surface area contributed by atoms with Crippen molar-refractivity contribution in [2.75, 3.05) is 0 Å². The van der Waals surface area contributed by atoms with Crippen LogP contribution in [0.5, 0.6) is 0 Å². The molecular weight excluding hydrogens is 180 g/mol. The highest BCUT2D eigenvalue weighted by atomic mass is 32.1. The molecule has 12 heavy (non-hydrogen) atoms. The van der Waals surface area contributed by atoms with E-state index in [1.807, 2.05) is 0 Å². The first-order valence-electron chi connectivity index (χ1n) is 3.35. The molecule has 7 heteroatoms. The monoisotopic (exact) mass is 186 g/mol. The summed E-state index contributed by atoms with van der Waals surface area (Å²) in [6, 6.07) is -1.04. The lowest BCUT2D eigenvalue weighted by Gasteiger charge is -2.26. The molecule has 2 rings (SSSR count). The van der Waals surface area contributed by atoms with Crippen molar-refractivity contribution >= 4 is 29.3 Å². The van der Waals surface area contributed by atoms with Gasteiger partial charge in [-0.25, -0.2) is 9.59 Å². The van der Waals surface area contributed by atoms with Gasteiger partial charge in [0.25, 0.3) is 0 Å². The van der Waals surface area contributed by atoms with Gasteiger partial charge in [0.05, 0.1) is 0 Å². The van der Waals surface area contributed by atoms with E-state index in [0.29, 0.717) is 4.99 Å². The molecule has 0 aromatic heterocycles. The quantitative estimate of drug-likeness (QED) is 0.352. The molecular formula is C5H6N4O2S. The maximum atomic E-state index is 10.8. The van der Waals surface area contributed by atoms with E-state index in [2.05, 4.69) is 21.3 Å². The summed E-state index contributed by atoms with van der Waals surface area (Å²) in [6.45, 7) is 0. The van der Waals surface area contributed by atoms with Crippen LogP contribution >= 0.6 is 12.2 Å². The van der Waals surface area contributed by atoms with Crippen molar-refractivity contribution in [1.29, 1.82) is 0 Å². The molecule has 2 aliphatic rings. The Labute approximate surface area is 73.1 Å². The largest absolute Gasteiger partial charge is 0.325 e. The molecule has 0 radical (unpaired) electrons. The average Bonchev–Trinajstić information content (AvgIpc) is 2.29. The van der Waals surface area contributed by atoms with E-state index < -0.39 is 6.17 Å². The Morgan fingerprint density at radius 3 is 2.50 bits per heavy atom. The van der Waals surface area contributed by atoms with E-state index in [9.17, 15) is 9.59 Å². The summed E-state index contributed by atoms with van der Waals surface area (Å²) in [5, 5.41) is 9.97. The summed E-state index contributed by atoms with van der Waals surface area (Å²) >= 11 is 4.85. The van der Waals surface area contributed by atoms with Gasteiger partial charge in [0.2, 0.25) is 0 Å². The van der Waals surface area contributed by atoms with Gasteiger partial charge in [-0.2, -0.15) is 0 Å². The van der Waals surface area contributed by atoms with Gasteiger partial charge >= 0.3 is 12.1 Å². The summed E-state index contributed by atoms with van der Waals surface area (Å²) in [6.07, 6.45) is -0.418. The second-order valence-corrected chi connectivity index (χ2v) is 2.98. The molecule has 6 nitrogen and oxygen atoms in total. The molecule has 4 N–H and O–H groups in total. The van der Waals surface area contributed by atoms with Crippen LogP contribution in [0.3, 0.4) is 0 Å². The van der Waals surface area contributed by atoms with Crippen LogP contribution in [0.2, 0.25) is 0 Å². The summed E-state index contributed by atoms with van der Waals surface area (Å²) in [4.78, 5) is 22.0. The molecule has 0 spiro atoms. The fraction of sp³-hybridized carbons (Fsp3) is 0.400. The summed E-state index contributed by atoms with van der Waals surface area (Å²) < 4.78 is 0. The Kier molecular flexibility index (Phi) is 1.40. The number of rotatable bonds is 0. The highest BCUT2D eigenvalue weighted by Crippen LogP contribution is 2.04. The Bertz CT molecular complexity index is 279. The van der Waals surface area contributed by atoms with Crippen molar-refractivity contribution in [1.82, 2.24) is 21.3 Å². The molecule has 0 aromatic rings. The second kappa shape index (κ2) is 2.31. The van der Waals surface area contributed by atoms with E-state index in [1.54, 1.807) is 0 Å². The van der Waals surface area contributed by atoms with Crippen LogP contribution in [0.1, 0.15) is 0 Å². The summed E-state index contributed by atoms with van der Waals surface area (Å²) in [5.41, 5.74) is 0. The van der Waals surface area contributed by atoms with Crippen LogP contribution in [0.25, 0.3) is 0 Å². The Balaban J connectivity index is 2.20. The Hall–Kier alpha value is -1.37. The molecule has 2 atom stereocenters. The molecule has 2 aliphatic heterocycles. The zero-order valence-corrected chi connectivity index (χ0v) is 6.70. The van der Waals surface area contributed by atoms with Gasteiger partial charge in [-0.15, -0.1) is 0 Å². The van der Waals surface area contributed by atoms with E-state index >= 15 is 0 Å². The highest BCUT2D eigenvalue weighted by Gasteiger charge is 2.39. The van der Waals surface area contributed by atoms with E-state index in [0.717, 1.165) is 0 Å². The van der Waals surface area contributed by atoms with Gasteiger partial charge in [0.1, 0.15) is 17.2 Å². The second-order valence-electron chi connectivity index (χ2n) is 2.54. The van der Waals surface area contributed by atoms with Crippen LogP contribution in [-0.2, 0) is 0 Å². The zero-order valence-electron chi connectivity index (χ0n) is 5.88. The van der Waals surface area contributed by atoms with E-state index in [1.165, 1.54) is 0 Å². The molecule has 0 saturated carbocycles. The number of carbonyl (C=O) groups is 2. The first kappa shape index (κ1) is 7.29. The van der Waals surface area contributed by atoms with Crippen molar-refractivity contribution in [2.45, 2.75) is 12.2 Å². The fourth-order valence-electron chi connectivity index (χ4n) is 1.19. The van der Waals surface area contributed by atoms with Gasteiger partial charge < -0.3 is 21.3 Å². The number of amides is 4. The van der Waals surface area contributed by atoms with Crippen LogP contribution in [0.4, 0.5) is 9.59 Å². The first-order valence-corrected chi connectivity index (χ1v) is 3.76. The lowest BCUT2D eigenvalue weighted by Crippen LogP contribution is -2.63. The maximum absolute atomic E-state index is 10.8. The standard InChI is InChI=1S/C5H6N4O2S/c10-4-6-1-2(7-4)8-5(11)9-3(1)12/h1-2H,(H2,6,7,10)(H2,8,9,11,12). The van der Waals surface area contributed by atoms with Crippen LogP contribution in [-0.4, -0.2) is 29.3 Å². The number of urea groups is 2. The van der Waals surface area contributed by atoms with Crippen LogP contribution < -0.4 is 21.3 Å². The van der Waals surface area contributed by atoms with Crippen molar-refractivity contribution in [3.8, 4) is 0 Å². The topological polar surface area (TPSA) is 82.3 Å². The van der Waals surface area contributed by atoms with Crippen molar-refractivity contribution in [3.05, 3.63) is 0 Å². The molecule has 0 aliphatic carbocycles.